The highest BCUT2D eigenvalue weighted by atomic mass is 32.2. The number of allylic oxidation sites excluding steroid dienone is 2. The van der Waals surface area contributed by atoms with Crippen LogP contribution in [0.2, 0.25) is 0 Å². The smallest absolute Gasteiger partial charge is 0.333 e. The molecule has 5 heterocycles. The Labute approximate surface area is 331 Å². The van der Waals surface area contributed by atoms with E-state index >= 15 is 0 Å². The van der Waals surface area contributed by atoms with E-state index in [1.54, 1.807) is 32.1 Å². The van der Waals surface area contributed by atoms with Crippen molar-refractivity contribution in [1.82, 2.24) is 0 Å². The van der Waals surface area contributed by atoms with Crippen molar-refractivity contribution in [2.24, 2.45) is 28.8 Å². The van der Waals surface area contributed by atoms with Gasteiger partial charge in [-0.05, 0) is 55.9 Å². The van der Waals surface area contributed by atoms with Gasteiger partial charge in [-0.3, -0.25) is 4.79 Å². The number of nitrogens with two attached hydrogens (primary N) is 1. The van der Waals surface area contributed by atoms with Crippen molar-refractivity contribution in [2.75, 3.05) is 13.7 Å². The van der Waals surface area contributed by atoms with Gasteiger partial charge in [-0.15, -0.1) is 0 Å². The molecule has 1 unspecified atom stereocenters. The maximum absolute atomic E-state index is 14.3. The Morgan fingerprint density at radius 3 is 2.52 bits per heavy atom. The minimum absolute atomic E-state index is 0.00491. The third-order valence-electron chi connectivity index (χ3n) is 12.5. The van der Waals surface area contributed by atoms with E-state index in [2.05, 4.69) is 32.9 Å². The first-order valence-electron chi connectivity index (χ1n) is 19.9. The largest absolute Gasteiger partial charge is 0.462 e. The van der Waals surface area contributed by atoms with Crippen LogP contribution in [-0.4, -0.2) is 111 Å². The average molecular weight is 808 g/mol. The molecule has 5 aliphatic heterocycles. The van der Waals surface area contributed by atoms with Crippen molar-refractivity contribution in [3.63, 3.8) is 0 Å². The molecule has 14 nitrogen and oxygen atoms in total. The zero-order valence-corrected chi connectivity index (χ0v) is 34.6. The molecule has 0 aromatic carbocycles. The van der Waals surface area contributed by atoms with Crippen LogP contribution in [0.5, 0.6) is 0 Å². The lowest BCUT2D eigenvalue weighted by Crippen LogP contribution is -2.58. The lowest BCUT2D eigenvalue weighted by atomic mass is 9.71. The van der Waals surface area contributed by atoms with Crippen molar-refractivity contribution in [3.8, 4) is 0 Å². The maximum Gasteiger partial charge on any atom is 0.333 e. The van der Waals surface area contributed by atoms with Gasteiger partial charge in [0.2, 0.25) is 0 Å². The molecule has 3 fully saturated rings. The fourth-order valence-corrected chi connectivity index (χ4v) is 9.74. The summed E-state index contributed by atoms with van der Waals surface area (Å²) in [7, 11) is -2.81. The van der Waals surface area contributed by atoms with E-state index in [0.717, 1.165) is 12.0 Å². The molecule has 2 bridgehead atoms. The number of methoxy groups -OCH3 is 1. The van der Waals surface area contributed by atoms with Crippen molar-refractivity contribution in [1.29, 1.82) is 0 Å². The summed E-state index contributed by atoms with van der Waals surface area (Å²) in [5.41, 5.74) is -0.0167. The first-order chi connectivity index (χ1) is 26.4. The van der Waals surface area contributed by atoms with Crippen LogP contribution in [0.25, 0.3) is 0 Å². The summed E-state index contributed by atoms with van der Waals surface area (Å²) in [6.07, 6.45) is 8.36. The Morgan fingerprint density at radius 2 is 1.82 bits per heavy atom. The molecule has 15 heteroatoms. The molecule has 0 radical (unpaired) electrons. The highest BCUT2D eigenvalue weighted by molar-refractivity contribution is 7.84. The summed E-state index contributed by atoms with van der Waals surface area (Å²) in [6, 6.07) is 0. The molecular weight excluding hydrogens is 747 g/mol. The first-order valence-corrected chi connectivity index (χ1v) is 21.4. The molecule has 314 valence electrons. The van der Waals surface area contributed by atoms with Crippen molar-refractivity contribution in [3.05, 3.63) is 59.3 Å². The highest BCUT2D eigenvalue weighted by Crippen LogP contribution is 2.47. The number of aliphatic hydroxyl groups is 2. The Hall–Kier alpha value is -2.28. The lowest BCUT2D eigenvalue weighted by molar-refractivity contribution is -0.300. The summed E-state index contributed by atoms with van der Waals surface area (Å²) in [5, 5.41) is 28.7. The predicted octanol–water partition coefficient (Wildman–Crippen LogP) is 4.07. The topological polar surface area (TPSA) is 192 Å². The first kappa shape index (κ1) is 43.3. The SMILES string of the molecule is CCC(C)[C@H]1O[C@]2(C=C[C@@H]1C)C[C@@H]1C[C@@H](CC=C(C)[C@@H](O[C@H]3C[C@H](OC)[C@@H](OS(N)(=O)=O)[C@H](C)O3)[C@@H](C)C=CC=C3CO[C@@H]4[C@H](O)C(C)=C[C@@H](C(=O)O1)[C@]34O)O2. The zero-order chi connectivity index (χ0) is 40.7. The number of hydrogen-bond acceptors (Lipinski definition) is 13. The number of fused-ring (bicyclic) bond motifs is 2. The third-order valence-corrected chi connectivity index (χ3v) is 13.0. The minimum Gasteiger partial charge on any atom is -0.462 e. The third kappa shape index (κ3) is 8.98. The molecule has 6 aliphatic rings. The average Bonchev–Trinajstić information content (AvgIpc) is 3.48. The van der Waals surface area contributed by atoms with E-state index in [1.807, 2.05) is 26.0 Å². The molecule has 0 aromatic rings. The Kier molecular flexibility index (Phi) is 13.2. The highest BCUT2D eigenvalue weighted by Gasteiger charge is 2.60. The second-order valence-electron chi connectivity index (χ2n) is 16.6. The van der Waals surface area contributed by atoms with Gasteiger partial charge in [-0.1, -0.05) is 70.6 Å². The van der Waals surface area contributed by atoms with Gasteiger partial charge in [0.15, 0.2) is 12.1 Å². The molecule has 0 aromatic heterocycles. The second kappa shape index (κ2) is 17.1. The van der Waals surface area contributed by atoms with E-state index in [0.29, 0.717) is 24.0 Å². The van der Waals surface area contributed by atoms with E-state index < -0.39 is 88.7 Å². The molecule has 16 atom stereocenters. The fourth-order valence-electron chi connectivity index (χ4n) is 9.15. The molecule has 0 amide bonds. The Morgan fingerprint density at radius 1 is 1.07 bits per heavy atom. The number of carbonyl (C=O) groups is 1. The maximum atomic E-state index is 14.3. The van der Waals surface area contributed by atoms with Gasteiger partial charge in [0, 0.05) is 38.2 Å². The van der Waals surface area contributed by atoms with E-state index in [-0.39, 0.29) is 43.3 Å². The van der Waals surface area contributed by atoms with Crippen molar-refractivity contribution >= 4 is 16.3 Å². The molecule has 1 spiro atoms. The van der Waals surface area contributed by atoms with Gasteiger partial charge >= 0.3 is 16.3 Å². The summed E-state index contributed by atoms with van der Waals surface area (Å²) in [4.78, 5) is 14.3. The fraction of sp³-hybridized carbons (Fsp3) is 0.732. The molecule has 0 saturated carbocycles. The summed E-state index contributed by atoms with van der Waals surface area (Å²) in [6.45, 7) is 13.8. The molecule has 3 saturated heterocycles. The van der Waals surface area contributed by atoms with Crippen molar-refractivity contribution < 1.29 is 60.8 Å². The van der Waals surface area contributed by atoms with Crippen LogP contribution in [0.15, 0.2) is 59.3 Å². The molecule has 1 aliphatic carbocycles. The normalized spacial score (nSPS) is 44.0. The van der Waals surface area contributed by atoms with Gasteiger partial charge in [0.1, 0.15) is 35.9 Å². The zero-order valence-electron chi connectivity index (χ0n) is 33.7. The van der Waals surface area contributed by atoms with Crippen LogP contribution in [-0.2, 0) is 52.4 Å². The molecule has 4 N–H and O–H groups in total. The lowest BCUT2D eigenvalue weighted by Gasteiger charge is -2.48. The number of hydrogen-bond donors (Lipinski definition) is 3. The molecular formula is C41H61NO13S. The second-order valence-corrected chi connectivity index (χ2v) is 17.8. The minimum atomic E-state index is -4.27. The molecule has 56 heavy (non-hydrogen) atoms. The number of rotatable bonds is 7. The summed E-state index contributed by atoms with van der Waals surface area (Å²) in [5.74, 6) is -2.72. The number of aliphatic hydroxyl groups excluding tert-OH is 1. The van der Waals surface area contributed by atoms with Gasteiger partial charge < -0.3 is 43.4 Å². The summed E-state index contributed by atoms with van der Waals surface area (Å²) < 4.78 is 73.2. The predicted molar refractivity (Wildman–Crippen MR) is 205 cm³/mol. The van der Waals surface area contributed by atoms with E-state index in [4.69, 9.17) is 42.5 Å². The molecule has 6 rings (SSSR count). The Bertz CT molecular complexity index is 1710. The quantitative estimate of drug-likeness (QED) is 0.247. The van der Waals surface area contributed by atoms with Crippen LogP contribution < -0.4 is 5.14 Å². The van der Waals surface area contributed by atoms with Crippen LogP contribution in [0.3, 0.4) is 0 Å². The Balaban J connectivity index is 1.37. The van der Waals surface area contributed by atoms with E-state index in [1.165, 1.54) is 7.11 Å². The van der Waals surface area contributed by atoms with Crippen LogP contribution in [0, 0.1) is 23.7 Å². The van der Waals surface area contributed by atoms with Crippen LogP contribution >= 0.6 is 0 Å². The number of esters is 1. The van der Waals surface area contributed by atoms with Gasteiger partial charge in [-0.2, -0.15) is 8.42 Å². The van der Waals surface area contributed by atoms with Gasteiger partial charge in [0.05, 0.1) is 37.1 Å². The number of carbonyl (C=O) groups excluding carboxylic acids is 1. The van der Waals surface area contributed by atoms with Crippen molar-refractivity contribution in [2.45, 2.75) is 153 Å². The van der Waals surface area contributed by atoms with E-state index in [9.17, 15) is 23.4 Å². The van der Waals surface area contributed by atoms with Gasteiger partial charge in [0.25, 0.3) is 0 Å². The van der Waals surface area contributed by atoms with Crippen LogP contribution in [0.4, 0.5) is 0 Å². The van der Waals surface area contributed by atoms with Crippen LogP contribution in [0.1, 0.15) is 80.6 Å². The number of ether oxygens (including phenoxy) is 7. The summed E-state index contributed by atoms with van der Waals surface area (Å²) >= 11 is 0. The van der Waals surface area contributed by atoms with Gasteiger partial charge in [-0.25, -0.2) is 9.32 Å². The monoisotopic (exact) mass is 807 g/mol. The standard InChI is InChI=1S/C41H61NO13S/c1-9-22(2)36-25(5)15-16-40(54-36)20-30-18-29(53-40)14-13-24(4)35(52-33-19-32(48-8)37(27(7)50-33)55-56(42,46)47)23(3)11-10-12-28-21-49-38-34(43)26(6)17-31(39(44)51-30)41(28,38)45/h10-13,15-17,22-23,25,27,29-38,43,45H,9,14,18-21H2,1-8H3,(H2,42,46,47)/t22?,23-,25-,27-,29+,30-,31-,32-,33-,34+,35-,36+,37-,38+,40+,41+/m0/s1.